The Morgan fingerprint density at radius 1 is 1.09 bits per heavy atom. The first-order valence-corrected chi connectivity index (χ1v) is 13.5. The van der Waals surface area contributed by atoms with E-state index in [1.807, 2.05) is 30.3 Å². The third-order valence-electron chi connectivity index (χ3n) is 5.15. The number of Topliss-reactive ketones (excluding diaryl/α,β-unsaturated/α-hetero) is 1. The van der Waals surface area contributed by atoms with Crippen LogP contribution in [0.2, 0.25) is 0 Å². The highest BCUT2D eigenvalue weighted by atomic mass is 32.2. The summed E-state index contributed by atoms with van der Waals surface area (Å²) < 4.78 is 26.9. The van der Waals surface area contributed by atoms with Crippen LogP contribution in [0.4, 0.5) is 5.82 Å². The SMILES string of the molecule is CCOP(=O)(OCC)c1c(SC)c(C#N)c(-c2ccccc2)[n+](-c2ccc(C(C)=O)cc2)c1N. The summed E-state index contributed by atoms with van der Waals surface area (Å²) in [6.45, 7) is 5.21. The number of ketones is 1. The molecule has 0 aliphatic carbocycles. The second-order valence-corrected chi connectivity index (χ2v) is 10.0. The Kier molecular flexibility index (Phi) is 8.29. The molecule has 0 spiro atoms. The van der Waals surface area contributed by atoms with Crippen LogP contribution >= 0.6 is 19.4 Å². The maximum Gasteiger partial charge on any atom is 0.370 e. The van der Waals surface area contributed by atoms with Gasteiger partial charge in [-0.25, -0.2) is 0 Å². The van der Waals surface area contributed by atoms with Gasteiger partial charge in [-0.2, -0.15) is 9.83 Å². The molecule has 0 amide bonds. The topological polar surface area (TPSA) is 106 Å². The van der Waals surface area contributed by atoms with E-state index in [4.69, 9.17) is 14.8 Å². The van der Waals surface area contributed by atoms with Crippen LogP contribution in [-0.2, 0) is 13.6 Å². The molecule has 34 heavy (non-hydrogen) atoms. The zero-order valence-electron chi connectivity index (χ0n) is 19.6. The van der Waals surface area contributed by atoms with Gasteiger partial charge in [0.2, 0.25) is 0 Å². The first-order valence-electron chi connectivity index (χ1n) is 10.7. The molecule has 0 fully saturated rings. The predicted molar refractivity (Wildman–Crippen MR) is 135 cm³/mol. The highest BCUT2D eigenvalue weighted by Gasteiger charge is 2.41. The van der Waals surface area contributed by atoms with Gasteiger partial charge in [-0.05, 0) is 51.3 Å². The summed E-state index contributed by atoms with van der Waals surface area (Å²) in [6, 6.07) is 18.5. The lowest BCUT2D eigenvalue weighted by Crippen LogP contribution is -2.43. The first-order chi connectivity index (χ1) is 16.3. The first kappa shape index (κ1) is 25.7. The maximum absolute atomic E-state index is 14.0. The third-order valence-corrected chi connectivity index (χ3v) is 8.32. The Hall–Kier alpha value is -2.95. The van der Waals surface area contributed by atoms with Gasteiger partial charge in [0.1, 0.15) is 17.3 Å². The summed E-state index contributed by atoms with van der Waals surface area (Å²) in [5.41, 5.74) is 9.49. The molecule has 2 aromatic carbocycles. The molecule has 3 aromatic rings. The smallest absolute Gasteiger partial charge is 0.305 e. The lowest BCUT2D eigenvalue weighted by atomic mass is 10.0. The number of nitrogen functional groups attached to an aromatic ring is 1. The van der Waals surface area contributed by atoms with Gasteiger partial charge in [-0.3, -0.25) is 15.1 Å². The van der Waals surface area contributed by atoms with E-state index in [9.17, 15) is 14.6 Å². The van der Waals surface area contributed by atoms with Gasteiger partial charge in [0.15, 0.2) is 16.8 Å². The second kappa shape index (κ2) is 11.0. The van der Waals surface area contributed by atoms with Crippen molar-refractivity contribution in [3.05, 3.63) is 65.7 Å². The van der Waals surface area contributed by atoms with Crippen LogP contribution < -0.4 is 15.6 Å². The Labute approximate surface area is 204 Å². The van der Waals surface area contributed by atoms with E-state index in [1.165, 1.54) is 18.7 Å². The van der Waals surface area contributed by atoms with E-state index in [0.717, 1.165) is 5.56 Å². The number of nitrogens with two attached hydrogens (primary N) is 1. The second-order valence-electron chi connectivity index (χ2n) is 7.24. The fourth-order valence-electron chi connectivity index (χ4n) is 3.74. The minimum Gasteiger partial charge on any atom is -0.305 e. The summed E-state index contributed by atoms with van der Waals surface area (Å²) in [4.78, 5) is 12.3. The van der Waals surface area contributed by atoms with Gasteiger partial charge in [-0.1, -0.05) is 30.3 Å². The predicted octanol–water partition coefficient (Wildman–Crippen LogP) is 4.90. The van der Waals surface area contributed by atoms with Gasteiger partial charge in [0, 0.05) is 11.1 Å². The van der Waals surface area contributed by atoms with Crippen molar-refractivity contribution in [2.24, 2.45) is 0 Å². The van der Waals surface area contributed by atoms with Gasteiger partial charge in [0.05, 0.1) is 18.1 Å². The van der Waals surface area contributed by atoms with Crippen molar-refractivity contribution in [2.75, 3.05) is 25.2 Å². The van der Waals surface area contributed by atoms with Crippen molar-refractivity contribution in [1.29, 1.82) is 5.26 Å². The van der Waals surface area contributed by atoms with Gasteiger partial charge < -0.3 is 9.05 Å². The summed E-state index contributed by atoms with van der Waals surface area (Å²) in [5.74, 6) is 0.0733. The summed E-state index contributed by atoms with van der Waals surface area (Å²) in [5, 5.41) is 10.4. The van der Waals surface area contributed by atoms with Crippen LogP contribution in [0.1, 0.15) is 36.7 Å². The minimum atomic E-state index is -3.86. The monoisotopic (exact) mass is 496 g/mol. The number of nitriles is 1. The highest BCUT2D eigenvalue weighted by molar-refractivity contribution is 7.99. The molecule has 0 aliphatic rings. The quantitative estimate of drug-likeness (QED) is 0.194. The Balaban J connectivity index is 2.52. The lowest BCUT2D eigenvalue weighted by Gasteiger charge is -2.23. The number of thioether (sulfide) groups is 1. The standard InChI is InChI=1S/C25H26N3O4PS/c1-5-31-33(30,32-6-2)23-24(34-4)21(16-26)22(19-10-8-7-9-11-19)28(25(23)27)20-14-12-18(13-15-20)17(3)29/h7-15,27H,5-6H2,1-4H3/p+1. The van der Waals surface area contributed by atoms with E-state index in [0.29, 0.717) is 27.4 Å². The van der Waals surface area contributed by atoms with Crippen molar-refractivity contribution in [3.63, 3.8) is 0 Å². The van der Waals surface area contributed by atoms with Crippen molar-refractivity contribution < 1.29 is 23.0 Å². The van der Waals surface area contributed by atoms with Crippen molar-refractivity contribution in [1.82, 2.24) is 0 Å². The summed E-state index contributed by atoms with van der Waals surface area (Å²) in [6.07, 6.45) is 1.79. The molecule has 0 bridgehead atoms. The average Bonchev–Trinajstić information content (AvgIpc) is 2.83. The zero-order valence-corrected chi connectivity index (χ0v) is 21.3. The molecule has 1 aromatic heterocycles. The number of anilines is 1. The van der Waals surface area contributed by atoms with Crippen LogP contribution in [0.5, 0.6) is 0 Å². The molecule has 0 radical (unpaired) electrons. The molecule has 9 heteroatoms. The Morgan fingerprint density at radius 3 is 2.15 bits per heavy atom. The number of rotatable bonds is 9. The van der Waals surface area contributed by atoms with E-state index >= 15 is 0 Å². The van der Waals surface area contributed by atoms with E-state index in [2.05, 4.69) is 6.07 Å². The highest BCUT2D eigenvalue weighted by Crippen LogP contribution is 2.51. The molecule has 0 saturated carbocycles. The minimum absolute atomic E-state index is 0.0684. The number of hydrogen-bond acceptors (Lipinski definition) is 7. The molecular weight excluding hydrogens is 469 g/mol. The molecular formula is C25H27N3O4PS+. The molecule has 0 atom stereocenters. The number of pyridine rings is 1. The zero-order chi connectivity index (χ0) is 24.9. The molecule has 0 aliphatic heterocycles. The summed E-state index contributed by atoms with van der Waals surface area (Å²) >= 11 is 1.27. The van der Waals surface area contributed by atoms with Gasteiger partial charge in [-0.15, -0.1) is 11.8 Å². The Bertz CT molecular complexity index is 1280. The number of carbonyl (C=O) groups is 1. The molecule has 3 rings (SSSR count). The maximum atomic E-state index is 14.0. The van der Waals surface area contributed by atoms with Crippen LogP contribution in [0.25, 0.3) is 16.9 Å². The Morgan fingerprint density at radius 2 is 1.68 bits per heavy atom. The number of nitrogens with zero attached hydrogens (tertiary/aromatic N) is 2. The van der Waals surface area contributed by atoms with E-state index in [-0.39, 0.29) is 30.1 Å². The third kappa shape index (κ3) is 4.79. The fraction of sp³-hybridized carbons (Fsp3) is 0.240. The summed E-state index contributed by atoms with van der Waals surface area (Å²) in [7, 11) is -3.86. The van der Waals surface area contributed by atoms with Crippen molar-refractivity contribution >= 4 is 36.3 Å². The fourth-order valence-corrected chi connectivity index (χ4v) is 6.74. The molecule has 176 valence electrons. The molecule has 7 nitrogen and oxygen atoms in total. The van der Waals surface area contributed by atoms with Gasteiger partial charge >= 0.3 is 7.60 Å². The molecule has 0 unspecified atom stereocenters. The van der Waals surface area contributed by atoms with Crippen molar-refractivity contribution in [2.45, 2.75) is 25.7 Å². The number of carbonyl (C=O) groups excluding carboxylic acids is 1. The average molecular weight is 497 g/mol. The number of hydrogen-bond donors (Lipinski definition) is 1. The van der Waals surface area contributed by atoms with Crippen LogP contribution in [0.3, 0.4) is 0 Å². The van der Waals surface area contributed by atoms with Crippen LogP contribution in [0.15, 0.2) is 59.5 Å². The number of benzene rings is 2. The largest absolute Gasteiger partial charge is 0.370 e. The molecule has 2 N–H and O–H groups in total. The van der Waals surface area contributed by atoms with Crippen LogP contribution in [0, 0.1) is 11.3 Å². The number of aromatic nitrogens is 1. The van der Waals surface area contributed by atoms with E-state index < -0.39 is 7.60 Å². The van der Waals surface area contributed by atoms with Gasteiger partial charge in [0.25, 0.3) is 5.82 Å². The van der Waals surface area contributed by atoms with E-state index in [1.54, 1.807) is 48.9 Å². The molecule has 1 heterocycles. The van der Waals surface area contributed by atoms with Crippen molar-refractivity contribution in [3.8, 4) is 23.0 Å². The molecule has 0 saturated heterocycles. The lowest BCUT2D eigenvalue weighted by molar-refractivity contribution is -0.567. The van der Waals surface area contributed by atoms with Crippen LogP contribution in [-0.4, -0.2) is 25.3 Å². The normalized spacial score (nSPS) is 11.3.